The monoisotopic (exact) mass is 248 g/mol. The highest BCUT2D eigenvalue weighted by molar-refractivity contribution is 5.69. The van der Waals surface area contributed by atoms with Gasteiger partial charge < -0.3 is 10.2 Å². The Morgan fingerprint density at radius 1 is 1.24 bits per heavy atom. The predicted octanol–water partition coefficient (Wildman–Crippen LogP) is 2.25. The van der Waals surface area contributed by atoms with Crippen LogP contribution in [0.1, 0.15) is 25.0 Å². The number of carbonyl (C=O) groups is 1. The summed E-state index contributed by atoms with van der Waals surface area (Å²) < 4.78 is 38.7. The fraction of sp³-hybridized carbons (Fsp3) is 0.364. The Morgan fingerprint density at radius 2 is 1.76 bits per heavy atom. The van der Waals surface area contributed by atoms with Crippen molar-refractivity contribution in [1.29, 1.82) is 0 Å². The fourth-order valence-electron chi connectivity index (χ4n) is 1.36. The van der Waals surface area contributed by atoms with E-state index in [0.29, 0.717) is 12.1 Å². The van der Waals surface area contributed by atoms with Gasteiger partial charge in [-0.3, -0.25) is 4.79 Å². The highest BCUT2D eigenvalue weighted by Crippen LogP contribution is 2.25. The number of aliphatic hydroxyl groups excluding tert-OH is 1. The summed E-state index contributed by atoms with van der Waals surface area (Å²) in [6, 6.07) is 0.850. The molecule has 1 aromatic rings. The van der Waals surface area contributed by atoms with Gasteiger partial charge in [-0.15, -0.1) is 0 Å². The third-order valence-electron chi connectivity index (χ3n) is 2.40. The number of hydrogen-bond acceptors (Lipinski definition) is 2. The fourth-order valence-corrected chi connectivity index (χ4v) is 1.36. The van der Waals surface area contributed by atoms with E-state index < -0.39 is 41.0 Å². The van der Waals surface area contributed by atoms with Crippen LogP contribution in [0.15, 0.2) is 12.1 Å². The summed E-state index contributed by atoms with van der Waals surface area (Å²) in [5.74, 6) is -5.83. The number of carboxylic acids is 1. The van der Waals surface area contributed by atoms with Gasteiger partial charge in [0.05, 0.1) is 12.0 Å². The van der Waals surface area contributed by atoms with Gasteiger partial charge in [0, 0.05) is 11.6 Å². The van der Waals surface area contributed by atoms with E-state index in [9.17, 15) is 23.1 Å². The number of halogens is 3. The van der Waals surface area contributed by atoms with Crippen LogP contribution in [0.2, 0.25) is 0 Å². The van der Waals surface area contributed by atoms with Crippen molar-refractivity contribution in [3.8, 4) is 0 Å². The van der Waals surface area contributed by atoms with E-state index in [1.54, 1.807) is 0 Å². The second kappa shape index (κ2) is 5.18. The molecule has 0 radical (unpaired) electrons. The number of benzene rings is 1. The van der Waals surface area contributed by atoms with E-state index in [1.165, 1.54) is 6.92 Å². The molecule has 17 heavy (non-hydrogen) atoms. The summed E-state index contributed by atoms with van der Waals surface area (Å²) in [6.45, 7) is 1.32. The van der Waals surface area contributed by atoms with Crippen LogP contribution in [0.3, 0.4) is 0 Å². The first kappa shape index (κ1) is 13.5. The molecule has 0 saturated carbocycles. The normalized spacial score (nSPS) is 14.4. The molecule has 0 amide bonds. The topological polar surface area (TPSA) is 57.5 Å². The molecule has 1 aromatic carbocycles. The van der Waals surface area contributed by atoms with Gasteiger partial charge in [0.15, 0.2) is 11.6 Å². The zero-order valence-corrected chi connectivity index (χ0v) is 8.95. The minimum Gasteiger partial charge on any atom is -0.481 e. The van der Waals surface area contributed by atoms with Crippen molar-refractivity contribution < 1.29 is 28.2 Å². The number of carboxylic acid groups (broad SMARTS) is 1. The van der Waals surface area contributed by atoms with Crippen molar-refractivity contribution in [2.75, 3.05) is 0 Å². The van der Waals surface area contributed by atoms with Gasteiger partial charge >= 0.3 is 5.97 Å². The van der Waals surface area contributed by atoms with Crippen LogP contribution in [0, 0.1) is 23.4 Å². The second-order valence-corrected chi connectivity index (χ2v) is 3.78. The van der Waals surface area contributed by atoms with Gasteiger partial charge in [-0.05, 0) is 12.5 Å². The van der Waals surface area contributed by atoms with Gasteiger partial charge in [0.25, 0.3) is 0 Å². The van der Waals surface area contributed by atoms with Gasteiger partial charge in [0.2, 0.25) is 0 Å². The maximum absolute atomic E-state index is 13.2. The summed E-state index contributed by atoms with van der Waals surface area (Å²) in [5.41, 5.74) is -0.447. The van der Waals surface area contributed by atoms with E-state index in [0.717, 1.165) is 0 Å². The number of aliphatic carboxylic acids is 1. The molecule has 94 valence electrons. The van der Waals surface area contributed by atoms with E-state index in [2.05, 4.69) is 0 Å². The van der Waals surface area contributed by atoms with Crippen molar-refractivity contribution in [2.24, 2.45) is 5.92 Å². The van der Waals surface area contributed by atoms with E-state index in [1.807, 2.05) is 0 Å². The standard InChI is InChI=1S/C11H11F3O3/c1-5(11(16)17)2-10(15)6-3-8(13)9(14)4-7(6)12/h3-5,10,15H,2H2,1H3,(H,16,17). The zero-order valence-electron chi connectivity index (χ0n) is 8.95. The van der Waals surface area contributed by atoms with E-state index in [4.69, 9.17) is 5.11 Å². The summed E-state index contributed by atoms with van der Waals surface area (Å²) >= 11 is 0. The molecule has 0 saturated heterocycles. The molecule has 0 aromatic heterocycles. The first-order chi connectivity index (χ1) is 7.82. The summed E-state index contributed by atoms with van der Waals surface area (Å²) in [4.78, 5) is 10.5. The Bertz CT molecular complexity index is 434. The molecular weight excluding hydrogens is 237 g/mol. The van der Waals surface area contributed by atoms with Crippen LogP contribution in [-0.2, 0) is 4.79 Å². The molecule has 0 aliphatic rings. The average Bonchev–Trinajstić information content (AvgIpc) is 2.22. The molecule has 0 bridgehead atoms. The van der Waals surface area contributed by atoms with E-state index >= 15 is 0 Å². The van der Waals surface area contributed by atoms with Crippen molar-refractivity contribution in [2.45, 2.75) is 19.4 Å². The zero-order chi connectivity index (χ0) is 13.2. The lowest BCUT2D eigenvalue weighted by Gasteiger charge is -2.14. The highest BCUT2D eigenvalue weighted by Gasteiger charge is 2.21. The summed E-state index contributed by atoms with van der Waals surface area (Å²) in [5, 5.41) is 18.2. The first-order valence-corrected chi connectivity index (χ1v) is 4.88. The SMILES string of the molecule is CC(CC(O)c1cc(F)c(F)cc1F)C(=O)O. The van der Waals surface area contributed by atoms with Crippen molar-refractivity contribution in [3.63, 3.8) is 0 Å². The van der Waals surface area contributed by atoms with Crippen LogP contribution in [-0.4, -0.2) is 16.2 Å². The Hall–Kier alpha value is -1.56. The lowest BCUT2D eigenvalue weighted by atomic mass is 9.98. The molecule has 0 fully saturated rings. The van der Waals surface area contributed by atoms with Gasteiger partial charge in [-0.2, -0.15) is 0 Å². The average molecular weight is 248 g/mol. The number of rotatable bonds is 4. The highest BCUT2D eigenvalue weighted by atomic mass is 19.2. The van der Waals surface area contributed by atoms with Crippen LogP contribution in [0.5, 0.6) is 0 Å². The van der Waals surface area contributed by atoms with Crippen molar-refractivity contribution >= 4 is 5.97 Å². The third-order valence-corrected chi connectivity index (χ3v) is 2.40. The van der Waals surface area contributed by atoms with Crippen LogP contribution in [0.4, 0.5) is 13.2 Å². The van der Waals surface area contributed by atoms with Crippen molar-refractivity contribution in [1.82, 2.24) is 0 Å². The Morgan fingerprint density at radius 3 is 2.29 bits per heavy atom. The Balaban J connectivity index is 2.92. The molecule has 2 unspecified atom stereocenters. The molecule has 1 rings (SSSR count). The maximum Gasteiger partial charge on any atom is 0.306 e. The molecule has 2 N–H and O–H groups in total. The summed E-state index contributed by atoms with van der Waals surface area (Å²) in [6.07, 6.45) is -1.77. The molecule has 0 aliphatic heterocycles. The lowest BCUT2D eigenvalue weighted by molar-refractivity contribution is -0.142. The number of aliphatic hydroxyl groups is 1. The number of hydrogen-bond donors (Lipinski definition) is 2. The molecular formula is C11H11F3O3. The second-order valence-electron chi connectivity index (χ2n) is 3.78. The van der Waals surface area contributed by atoms with Crippen molar-refractivity contribution in [3.05, 3.63) is 35.1 Å². The smallest absolute Gasteiger partial charge is 0.306 e. The molecule has 6 heteroatoms. The maximum atomic E-state index is 13.2. The van der Waals surface area contributed by atoms with Crippen LogP contribution >= 0.6 is 0 Å². The lowest BCUT2D eigenvalue weighted by Crippen LogP contribution is -2.14. The summed E-state index contributed by atoms with van der Waals surface area (Å²) in [7, 11) is 0. The molecule has 3 nitrogen and oxygen atoms in total. The van der Waals surface area contributed by atoms with Gasteiger partial charge in [0.1, 0.15) is 5.82 Å². The Labute approximate surface area is 95.5 Å². The first-order valence-electron chi connectivity index (χ1n) is 4.88. The minimum atomic E-state index is -1.49. The third kappa shape index (κ3) is 3.20. The molecule has 0 aliphatic carbocycles. The molecule has 0 heterocycles. The van der Waals surface area contributed by atoms with Crippen LogP contribution < -0.4 is 0 Å². The largest absolute Gasteiger partial charge is 0.481 e. The minimum absolute atomic E-state index is 0.280. The molecule has 0 spiro atoms. The quantitative estimate of drug-likeness (QED) is 0.803. The Kier molecular flexibility index (Phi) is 4.11. The van der Waals surface area contributed by atoms with E-state index in [-0.39, 0.29) is 6.42 Å². The molecule has 2 atom stereocenters. The van der Waals surface area contributed by atoms with Gasteiger partial charge in [-0.1, -0.05) is 6.92 Å². The van der Waals surface area contributed by atoms with Crippen LogP contribution in [0.25, 0.3) is 0 Å². The predicted molar refractivity (Wildman–Crippen MR) is 52.7 cm³/mol. The van der Waals surface area contributed by atoms with Gasteiger partial charge in [-0.25, -0.2) is 13.2 Å².